The van der Waals surface area contributed by atoms with Crippen LogP contribution in [0.25, 0.3) is 11.0 Å². The van der Waals surface area contributed by atoms with Gasteiger partial charge in [-0.05, 0) is 60.8 Å². The standard InChI is InChI=1S/C18H28N4O/c1-13(23)18(4,5)22-15-11-9-8-10-14(15)21(16(22)19)17(2,3)12-20(6)7/h8-11,19H,12H2,1-7H3. The normalized spacial score (nSPS) is 13.0. The first-order valence-corrected chi connectivity index (χ1v) is 7.94. The molecule has 0 spiro atoms. The molecule has 1 N–H and O–H groups in total. The van der Waals surface area contributed by atoms with Gasteiger partial charge in [0.1, 0.15) is 5.54 Å². The third-order valence-corrected chi connectivity index (χ3v) is 4.52. The van der Waals surface area contributed by atoms with Crippen molar-refractivity contribution in [3.05, 3.63) is 29.9 Å². The van der Waals surface area contributed by atoms with Crippen molar-refractivity contribution in [1.82, 2.24) is 14.0 Å². The molecule has 0 bridgehead atoms. The molecule has 1 heterocycles. The number of imidazole rings is 1. The summed E-state index contributed by atoms with van der Waals surface area (Å²) in [6, 6.07) is 7.95. The van der Waals surface area contributed by atoms with E-state index in [9.17, 15) is 4.79 Å². The maximum Gasteiger partial charge on any atom is 0.204 e. The summed E-state index contributed by atoms with van der Waals surface area (Å²) in [6.45, 7) is 10.4. The molecular formula is C18H28N4O. The van der Waals surface area contributed by atoms with Crippen LogP contribution in [0.5, 0.6) is 0 Å². The molecule has 23 heavy (non-hydrogen) atoms. The number of hydrogen-bond acceptors (Lipinski definition) is 3. The summed E-state index contributed by atoms with van der Waals surface area (Å²) in [5, 5.41) is 8.78. The third kappa shape index (κ3) is 2.85. The van der Waals surface area contributed by atoms with Gasteiger partial charge in [0, 0.05) is 6.54 Å². The van der Waals surface area contributed by atoms with E-state index in [-0.39, 0.29) is 11.3 Å². The van der Waals surface area contributed by atoms with Crippen LogP contribution in [0.2, 0.25) is 0 Å². The number of ketones is 1. The lowest BCUT2D eigenvalue weighted by atomic mass is 10.00. The fraction of sp³-hybridized carbons (Fsp3) is 0.556. The molecule has 0 fully saturated rings. The number of carbonyl (C=O) groups is 1. The number of rotatable bonds is 5. The Hall–Kier alpha value is -1.88. The van der Waals surface area contributed by atoms with E-state index >= 15 is 0 Å². The van der Waals surface area contributed by atoms with Gasteiger partial charge >= 0.3 is 0 Å². The number of nitrogens with zero attached hydrogens (tertiary/aromatic N) is 3. The average molecular weight is 316 g/mol. The van der Waals surface area contributed by atoms with Crippen molar-refractivity contribution in [1.29, 1.82) is 5.41 Å². The molecule has 5 heteroatoms. The van der Waals surface area contributed by atoms with Gasteiger partial charge in [0.2, 0.25) is 5.62 Å². The van der Waals surface area contributed by atoms with Crippen molar-refractivity contribution < 1.29 is 4.79 Å². The first-order chi connectivity index (χ1) is 10.5. The summed E-state index contributed by atoms with van der Waals surface area (Å²) in [4.78, 5) is 14.3. The maximum atomic E-state index is 12.2. The van der Waals surface area contributed by atoms with Crippen LogP contribution in [-0.4, -0.2) is 40.5 Å². The lowest BCUT2D eigenvalue weighted by Crippen LogP contribution is -2.47. The van der Waals surface area contributed by atoms with E-state index in [1.807, 2.05) is 61.3 Å². The zero-order valence-electron chi connectivity index (χ0n) is 15.3. The molecule has 1 aromatic carbocycles. The van der Waals surface area contributed by atoms with Crippen LogP contribution >= 0.6 is 0 Å². The maximum absolute atomic E-state index is 12.2. The Bertz CT molecular complexity index is 793. The molecule has 0 atom stereocenters. The highest BCUT2D eigenvalue weighted by Crippen LogP contribution is 2.26. The van der Waals surface area contributed by atoms with E-state index in [1.54, 1.807) is 6.92 Å². The number of fused-ring (bicyclic) bond motifs is 1. The number of Topliss-reactive ketones (excluding diaryl/α,β-unsaturated/α-hetero) is 1. The number of para-hydroxylation sites is 2. The van der Waals surface area contributed by atoms with Crippen molar-refractivity contribution in [3.8, 4) is 0 Å². The van der Waals surface area contributed by atoms with Crippen molar-refractivity contribution >= 4 is 16.8 Å². The molecule has 0 saturated heterocycles. The second-order valence-corrected chi connectivity index (χ2v) is 7.65. The zero-order valence-corrected chi connectivity index (χ0v) is 15.3. The van der Waals surface area contributed by atoms with E-state index in [0.717, 1.165) is 17.6 Å². The number of carbonyl (C=O) groups excluding carboxylic acids is 1. The minimum atomic E-state index is -0.754. The zero-order chi connectivity index (χ0) is 17.6. The lowest BCUT2D eigenvalue weighted by molar-refractivity contribution is -0.124. The minimum Gasteiger partial charge on any atom is -0.307 e. The van der Waals surface area contributed by atoms with Crippen LogP contribution < -0.4 is 5.62 Å². The molecule has 126 valence electrons. The van der Waals surface area contributed by atoms with Gasteiger partial charge < -0.3 is 9.47 Å². The fourth-order valence-electron chi connectivity index (χ4n) is 3.35. The molecule has 2 rings (SSSR count). The number of likely N-dealkylation sites (N-methyl/N-ethyl adjacent to an activating group) is 1. The van der Waals surface area contributed by atoms with Gasteiger partial charge in [-0.2, -0.15) is 0 Å². The Morgan fingerprint density at radius 2 is 1.57 bits per heavy atom. The molecule has 0 aliphatic heterocycles. The van der Waals surface area contributed by atoms with Crippen LogP contribution in [-0.2, 0) is 15.9 Å². The summed E-state index contributed by atoms with van der Waals surface area (Å²) in [7, 11) is 4.06. The highest BCUT2D eigenvalue weighted by molar-refractivity contribution is 5.86. The summed E-state index contributed by atoms with van der Waals surface area (Å²) < 4.78 is 3.88. The largest absolute Gasteiger partial charge is 0.307 e. The summed E-state index contributed by atoms with van der Waals surface area (Å²) in [6.07, 6.45) is 0. The van der Waals surface area contributed by atoms with Crippen molar-refractivity contribution in [2.24, 2.45) is 0 Å². The van der Waals surface area contributed by atoms with Crippen LogP contribution in [0.3, 0.4) is 0 Å². The van der Waals surface area contributed by atoms with Crippen molar-refractivity contribution in [3.63, 3.8) is 0 Å². The smallest absolute Gasteiger partial charge is 0.204 e. The summed E-state index contributed by atoms with van der Waals surface area (Å²) in [5.41, 5.74) is 1.25. The van der Waals surface area contributed by atoms with E-state index < -0.39 is 5.54 Å². The lowest BCUT2D eigenvalue weighted by Gasteiger charge is -2.31. The summed E-state index contributed by atoms with van der Waals surface area (Å²) >= 11 is 0. The van der Waals surface area contributed by atoms with Gasteiger partial charge in [-0.15, -0.1) is 0 Å². The van der Waals surface area contributed by atoms with Gasteiger partial charge in [-0.25, -0.2) is 0 Å². The molecule has 0 amide bonds. The number of hydrogen-bond donors (Lipinski definition) is 1. The third-order valence-electron chi connectivity index (χ3n) is 4.52. The molecule has 1 aromatic heterocycles. The first-order valence-electron chi connectivity index (χ1n) is 7.94. The molecule has 0 aliphatic rings. The Morgan fingerprint density at radius 1 is 1.09 bits per heavy atom. The van der Waals surface area contributed by atoms with Crippen LogP contribution in [0.4, 0.5) is 0 Å². The van der Waals surface area contributed by atoms with Gasteiger partial charge in [0.25, 0.3) is 0 Å². The van der Waals surface area contributed by atoms with Crippen LogP contribution in [0.1, 0.15) is 34.6 Å². The van der Waals surface area contributed by atoms with Gasteiger partial charge in [-0.1, -0.05) is 12.1 Å². The molecule has 0 aliphatic carbocycles. The van der Waals surface area contributed by atoms with E-state index in [2.05, 4.69) is 18.7 Å². The molecule has 2 aromatic rings. The highest BCUT2D eigenvalue weighted by atomic mass is 16.1. The Balaban J connectivity index is 2.87. The second-order valence-electron chi connectivity index (χ2n) is 7.65. The molecule has 5 nitrogen and oxygen atoms in total. The van der Waals surface area contributed by atoms with Crippen molar-refractivity contribution in [2.75, 3.05) is 20.6 Å². The number of nitrogens with one attached hydrogen (secondary N) is 1. The van der Waals surface area contributed by atoms with E-state index in [4.69, 9.17) is 5.41 Å². The number of aromatic nitrogens is 2. The molecule has 0 saturated carbocycles. The number of benzene rings is 1. The topological polar surface area (TPSA) is 54.0 Å². The Kier molecular flexibility index (Phi) is 4.28. The van der Waals surface area contributed by atoms with E-state index in [1.165, 1.54) is 0 Å². The van der Waals surface area contributed by atoms with Crippen LogP contribution in [0, 0.1) is 5.41 Å². The second kappa shape index (κ2) is 5.64. The molecule has 0 unspecified atom stereocenters. The van der Waals surface area contributed by atoms with Gasteiger partial charge in [-0.3, -0.25) is 14.8 Å². The predicted octanol–water partition coefficient (Wildman–Crippen LogP) is 2.54. The van der Waals surface area contributed by atoms with Crippen LogP contribution in [0.15, 0.2) is 24.3 Å². The van der Waals surface area contributed by atoms with Gasteiger partial charge in [0.15, 0.2) is 5.78 Å². The average Bonchev–Trinajstić information content (AvgIpc) is 2.69. The highest BCUT2D eigenvalue weighted by Gasteiger charge is 2.33. The first kappa shape index (κ1) is 17.5. The fourth-order valence-corrected chi connectivity index (χ4v) is 3.35. The summed E-state index contributed by atoms with van der Waals surface area (Å²) in [5.74, 6) is 0.0457. The molecular weight excluding hydrogens is 288 g/mol. The Morgan fingerprint density at radius 3 is 2.00 bits per heavy atom. The quantitative estimate of drug-likeness (QED) is 0.921. The minimum absolute atomic E-state index is 0.0457. The SMILES string of the molecule is CC(=O)C(C)(C)n1c(=N)n(C(C)(C)CN(C)C)c2ccccc21. The Labute approximate surface area is 138 Å². The van der Waals surface area contributed by atoms with Gasteiger partial charge in [0.05, 0.1) is 16.6 Å². The predicted molar refractivity (Wildman–Crippen MR) is 93.7 cm³/mol. The van der Waals surface area contributed by atoms with Crippen molar-refractivity contribution in [2.45, 2.75) is 45.7 Å². The van der Waals surface area contributed by atoms with E-state index in [0.29, 0.717) is 5.62 Å². The molecule has 0 radical (unpaired) electrons. The monoisotopic (exact) mass is 316 g/mol.